The lowest BCUT2D eigenvalue weighted by molar-refractivity contribution is -0.0370. The smallest absolute Gasteiger partial charge is 0.162 e. The molecule has 1 atom stereocenters. The summed E-state index contributed by atoms with van der Waals surface area (Å²) in [6.45, 7) is 0.798. The Balaban J connectivity index is 2.05. The molecule has 0 radical (unpaired) electrons. The number of hydrogen-bond acceptors (Lipinski definition) is 3. The monoisotopic (exact) mass is 237 g/mol. The molecule has 0 amide bonds. The van der Waals surface area contributed by atoms with E-state index in [0.717, 1.165) is 30.5 Å². The van der Waals surface area contributed by atoms with Gasteiger partial charge in [0.1, 0.15) is 5.15 Å². The highest BCUT2D eigenvalue weighted by atomic mass is 35.5. The first-order valence-electron chi connectivity index (χ1n) is 5.46. The largest absolute Gasteiger partial charge is 0.356 e. The van der Waals surface area contributed by atoms with Crippen LogP contribution in [0, 0.1) is 0 Å². The molecule has 5 heteroatoms. The fraction of sp³-hybridized carbons (Fsp3) is 0.455. The summed E-state index contributed by atoms with van der Waals surface area (Å²) in [5, 5.41) is 5.82. The zero-order valence-corrected chi connectivity index (χ0v) is 9.52. The molecule has 1 fully saturated rings. The van der Waals surface area contributed by atoms with Crippen LogP contribution in [0.15, 0.2) is 18.3 Å². The van der Waals surface area contributed by atoms with Gasteiger partial charge in [-0.3, -0.25) is 0 Å². The summed E-state index contributed by atoms with van der Waals surface area (Å²) in [6.07, 6.45) is 5.11. The first-order valence-corrected chi connectivity index (χ1v) is 5.84. The first kappa shape index (κ1) is 10.1. The lowest BCUT2D eigenvalue weighted by Crippen LogP contribution is -2.19. The van der Waals surface area contributed by atoms with Crippen molar-refractivity contribution in [3.05, 3.63) is 23.5 Å². The van der Waals surface area contributed by atoms with Crippen LogP contribution in [-0.4, -0.2) is 21.4 Å². The van der Waals surface area contributed by atoms with Gasteiger partial charge in [0, 0.05) is 12.0 Å². The van der Waals surface area contributed by atoms with Gasteiger partial charge in [0.05, 0.1) is 6.20 Å². The highest BCUT2D eigenvalue weighted by Gasteiger charge is 2.19. The van der Waals surface area contributed by atoms with Crippen molar-refractivity contribution >= 4 is 22.6 Å². The predicted molar refractivity (Wildman–Crippen MR) is 61.4 cm³/mol. The summed E-state index contributed by atoms with van der Waals surface area (Å²) in [7, 11) is 0. The average Bonchev–Trinajstić information content (AvgIpc) is 2.73. The molecule has 3 rings (SSSR count). The van der Waals surface area contributed by atoms with Crippen molar-refractivity contribution in [3.8, 4) is 0 Å². The molecule has 2 aromatic heterocycles. The fourth-order valence-electron chi connectivity index (χ4n) is 2.03. The Kier molecular flexibility index (Phi) is 2.53. The number of fused-ring (bicyclic) bond motifs is 1. The molecule has 0 N–H and O–H groups in total. The molecule has 16 heavy (non-hydrogen) atoms. The molecule has 1 unspecified atom stereocenters. The van der Waals surface area contributed by atoms with Gasteiger partial charge in [0.2, 0.25) is 0 Å². The van der Waals surface area contributed by atoms with E-state index in [-0.39, 0.29) is 6.23 Å². The lowest BCUT2D eigenvalue weighted by atomic mass is 10.2. The second kappa shape index (κ2) is 4.03. The van der Waals surface area contributed by atoms with Gasteiger partial charge in [-0.2, -0.15) is 5.10 Å². The highest BCUT2D eigenvalue weighted by molar-refractivity contribution is 6.29. The van der Waals surface area contributed by atoms with Crippen molar-refractivity contribution in [2.24, 2.45) is 0 Å². The maximum atomic E-state index is 5.89. The summed E-state index contributed by atoms with van der Waals surface area (Å²) in [5.41, 5.74) is 0.805. The minimum atomic E-state index is 0.0113. The number of ether oxygens (including phenoxy) is 1. The number of nitrogens with zero attached hydrogens (tertiary/aromatic N) is 3. The minimum Gasteiger partial charge on any atom is -0.356 e. The number of halogens is 1. The topological polar surface area (TPSA) is 39.9 Å². The van der Waals surface area contributed by atoms with Gasteiger partial charge in [0.25, 0.3) is 0 Å². The Morgan fingerprint density at radius 3 is 3.12 bits per heavy atom. The van der Waals surface area contributed by atoms with E-state index in [4.69, 9.17) is 16.3 Å². The first-order chi connectivity index (χ1) is 7.84. The van der Waals surface area contributed by atoms with E-state index >= 15 is 0 Å². The average molecular weight is 238 g/mol. The SMILES string of the molecule is Clc1ccc2cnn(C3CCCCO3)c2n1. The second-order valence-corrected chi connectivity index (χ2v) is 4.34. The van der Waals surface area contributed by atoms with Crippen LogP contribution in [0.25, 0.3) is 11.0 Å². The van der Waals surface area contributed by atoms with E-state index in [2.05, 4.69) is 10.1 Å². The number of aromatic nitrogens is 3. The maximum Gasteiger partial charge on any atom is 0.162 e. The number of rotatable bonds is 1. The Hall–Kier alpha value is -1.13. The third-order valence-electron chi connectivity index (χ3n) is 2.84. The summed E-state index contributed by atoms with van der Waals surface area (Å²) in [4.78, 5) is 4.30. The molecule has 0 saturated carbocycles. The van der Waals surface area contributed by atoms with Gasteiger partial charge in [-0.25, -0.2) is 9.67 Å². The van der Waals surface area contributed by atoms with Gasteiger partial charge < -0.3 is 4.74 Å². The zero-order valence-electron chi connectivity index (χ0n) is 8.77. The van der Waals surface area contributed by atoms with Crippen molar-refractivity contribution in [1.29, 1.82) is 0 Å². The summed E-state index contributed by atoms with van der Waals surface area (Å²) in [5.74, 6) is 0. The molecular weight excluding hydrogens is 226 g/mol. The molecule has 1 saturated heterocycles. The maximum absolute atomic E-state index is 5.89. The van der Waals surface area contributed by atoms with Crippen LogP contribution in [0.1, 0.15) is 25.5 Å². The molecule has 1 aliphatic heterocycles. The van der Waals surface area contributed by atoms with Gasteiger partial charge >= 0.3 is 0 Å². The Bertz CT molecular complexity index is 505. The summed E-state index contributed by atoms with van der Waals surface area (Å²) in [6, 6.07) is 3.70. The van der Waals surface area contributed by atoms with Crippen molar-refractivity contribution < 1.29 is 4.74 Å². The predicted octanol–water partition coefficient (Wildman–Crippen LogP) is 2.78. The van der Waals surface area contributed by atoms with Crippen molar-refractivity contribution in [1.82, 2.24) is 14.8 Å². The summed E-state index contributed by atoms with van der Waals surface area (Å²) < 4.78 is 7.52. The van der Waals surface area contributed by atoms with Crippen LogP contribution < -0.4 is 0 Å². The van der Waals surface area contributed by atoms with Gasteiger partial charge in [-0.1, -0.05) is 11.6 Å². The van der Waals surface area contributed by atoms with E-state index in [1.807, 2.05) is 10.7 Å². The molecule has 0 aliphatic carbocycles. The number of hydrogen-bond donors (Lipinski definition) is 0. The second-order valence-electron chi connectivity index (χ2n) is 3.96. The quantitative estimate of drug-likeness (QED) is 0.716. The molecular formula is C11H12ClN3O. The molecule has 3 heterocycles. The molecule has 84 valence electrons. The van der Waals surface area contributed by atoms with Crippen LogP contribution >= 0.6 is 11.6 Å². The van der Waals surface area contributed by atoms with E-state index in [1.54, 1.807) is 12.3 Å². The Labute approximate surface area is 98.2 Å². The molecule has 4 nitrogen and oxygen atoms in total. The van der Waals surface area contributed by atoms with Gasteiger partial charge in [-0.15, -0.1) is 0 Å². The van der Waals surface area contributed by atoms with E-state index in [1.165, 1.54) is 6.42 Å². The van der Waals surface area contributed by atoms with Crippen LogP contribution in [0.2, 0.25) is 5.15 Å². The van der Waals surface area contributed by atoms with Crippen LogP contribution in [0.5, 0.6) is 0 Å². The highest BCUT2D eigenvalue weighted by Crippen LogP contribution is 2.25. The zero-order chi connectivity index (χ0) is 11.0. The molecule has 0 aromatic carbocycles. The van der Waals surface area contributed by atoms with Crippen molar-refractivity contribution in [2.45, 2.75) is 25.5 Å². The van der Waals surface area contributed by atoms with Crippen molar-refractivity contribution in [2.75, 3.05) is 6.61 Å². The molecule has 0 bridgehead atoms. The van der Waals surface area contributed by atoms with E-state index in [9.17, 15) is 0 Å². The van der Waals surface area contributed by atoms with E-state index < -0.39 is 0 Å². The van der Waals surface area contributed by atoms with Crippen LogP contribution in [-0.2, 0) is 4.74 Å². The van der Waals surface area contributed by atoms with Crippen LogP contribution in [0.4, 0.5) is 0 Å². The Morgan fingerprint density at radius 2 is 2.31 bits per heavy atom. The standard InChI is InChI=1S/C11H12ClN3O/c12-9-5-4-8-7-13-15(11(8)14-9)10-3-1-2-6-16-10/h4-5,7,10H,1-3,6H2. The Morgan fingerprint density at radius 1 is 1.38 bits per heavy atom. The third-order valence-corrected chi connectivity index (χ3v) is 3.05. The minimum absolute atomic E-state index is 0.0113. The lowest BCUT2D eigenvalue weighted by Gasteiger charge is -2.22. The van der Waals surface area contributed by atoms with Gasteiger partial charge in [-0.05, 0) is 31.4 Å². The fourth-order valence-corrected chi connectivity index (χ4v) is 2.17. The van der Waals surface area contributed by atoms with E-state index in [0.29, 0.717) is 5.15 Å². The third kappa shape index (κ3) is 1.68. The van der Waals surface area contributed by atoms with Crippen LogP contribution in [0.3, 0.4) is 0 Å². The normalized spacial score (nSPS) is 21.4. The molecule has 1 aliphatic rings. The van der Waals surface area contributed by atoms with Crippen molar-refractivity contribution in [3.63, 3.8) is 0 Å². The molecule has 0 spiro atoms. The molecule has 2 aromatic rings. The summed E-state index contributed by atoms with van der Waals surface area (Å²) >= 11 is 5.89. The van der Waals surface area contributed by atoms with Gasteiger partial charge in [0.15, 0.2) is 11.9 Å². The number of pyridine rings is 1.